The number of guanidine groups is 1. The summed E-state index contributed by atoms with van der Waals surface area (Å²) in [6, 6.07) is 13.5. The number of nitrogens with zero attached hydrogens (tertiary/aromatic N) is 3. The van der Waals surface area contributed by atoms with E-state index in [-0.39, 0.29) is 5.75 Å². The van der Waals surface area contributed by atoms with Crippen molar-refractivity contribution in [1.82, 2.24) is 20.2 Å². The first-order valence-corrected chi connectivity index (χ1v) is 9.92. The number of methoxy groups -OCH3 is 1. The highest BCUT2D eigenvalue weighted by Crippen LogP contribution is 2.26. The summed E-state index contributed by atoms with van der Waals surface area (Å²) in [5, 5.41) is 16.5. The smallest absolute Gasteiger partial charge is 0.191 e. The lowest BCUT2D eigenvalue weighted by atomic mass is 10.2. The number of aryl methyl sites for hydroxylation is 2. The molecule has 0 spiro atoms. The summed E-state index contributed by atoms with van der Waals surface area (Å²) >= 11 is 0. The molecule has 0 aliphatic rings. The number of para-hydroxylation sites is 2. The Kier molecular flexibility index (Phi) is 6.94. The van der Waals surface area contributed by atoms with Crippen LogP contribution in [0.5, 0.6) is 11.5 Å². The number of imidazole rings is 1. The number of aromatic nitrogens is 2. The number of rotatable bonds is 8. The minimum Gasteiger partial charge on any atom is -0.504 e. The maximum Gasteiger partial charge on any atom is 0.191 e. The molecule has 0 aliphatic heterocycles. The van der Waals surface area contributed by atoms with E-state index < -0.39 is 0 Å². The van der Waals surface area contributed by atoms with Gasteiger partial charge in [-0.1, -0.05) is 18.2 Å². The van der Waals surface area contributed by atoms with Crippen LogP contribution in [0.15, 0.2) is 47.5 Å². The number of ether oxygens (including phenoxy) is 1. The number of fused-ring (bicyclic) bond motifs is 1. The monoisotopic (exact) mass is 395 g/mol. The maximum atomic E-state index is 9.91. The van der Waals surface area contributed by atoms with Crippen molar-refractivity contribution in [2.75, 3.05) is 20.2 Å². The molecule has 0 atom stereocenters. The van der Waals surface area contributed by atoms with Gasteiger partial charge in [0.05, 0.1) is 24.7 Å². The molecule has 154 valence electrons. The second kappa shape index (κ2) is 9.82. The average molecular weight is 396 g/mol. The van der Waals surface area contributed by atoms with Crippen molar-refractivity contribution in [1.29, 1.82) is 0 Å². The third-order valence-corrected chi connectivity index (χ3v) is 4.70. The Bertz CT molecular complexity index is 980. The Morgan fingerprint density at radius 2 is 2.03 bits per heavy atom. The second-order valence-electron chi connectivity index (χ2n) is 6.78. The molecular weight excluding hydrogens is 366 g/mol. The molecule has 3 aromatic rings. The summed E-state index contributed by atoms with van der Waals surface area (Å²) in [7, 11) is 1.54. The van der Waals surface area contributed by atoms with Gasteiger partial charge in [-0.05, 0) is 50.1 Å². The quantitative estimate of drug-likeness (QED) is 0.310. The van der Waals surface area contributed by atoms with Gasteiger partial charge in [-0.15, -0.1) is 0 Å². The van der Waals surface area contributed by atoms with Gasteiger partial charge in [-0.3, -0.25) is 0 Å². The summed E-state index contributed by atoms with van der Waals surface area (Å²) in [6.07, 6.45) is 0.953. The van der Waals surface area contributed by atoms with E-state index >= 15 is 0 Å². The Balaban J connectivity index is 1.55. The first-order chi connectivity index (χ1) is 14.1. The van der Waals surface area contributed by atoms with Crippen LogP contribution in [0, 0.1) is 6.92 Å². The van der Waals surface area contributed by atoms with Gasteiger partial charge in [0.2, 0.25) is 0 Å². The largest absolute Gasteiger partial charge is 0.504 e. The van der Waals surface area contributed by atoms with Crippen LogP contribution in [0.2, 0.25) is 0 Å². The maximum absolute atomic E-state index is 9.91. The van der Waals surface area contributed by atoms with Crippen molar-refractivity contribution >= 4 is 17.0 Å². The van der Waals surface area contributed by atoms with E-state index in [1.807, 2.05) is 38.1 Å². The molecule has 3 rings (SSSR count). The molecule has 0 saturated carbocycles. The summed E-state index contributed by atoms with van der Waals surface area (Å²) in [6.45, 7) is 7.03. The highest BCUT2D eigenvalue weighted by Gasteiger charge is 2.06. The molecule has 7 nitrogen and oxygen atoms in total. The van der Waals surface area contributed by atoms with Gasteiger partial charge in [0.15, 0.2) is 17.5 Å². The molecule has 2 aromatic carbocycles. The second-order valence-corrected chi connectivity index (χ2v) is 6.78. The number of phenols is 1. The highest BCUT2D eigenvalue weighted by atomic mass is 16.5. The SMILES string of the molecule is CCNC(=NCc1ccc(OC)c(O)c1)NCCCn1c(C)nc2ccccc21. The summed E-state index contributed by atoms with van der Waals surface area (Å²) in [5.74, 6) is 2.38. The average Bonchev–Trinajstić information content (AvgIpc) is 3.04. The van der Waals surface area contributed by atoms with Crippen molar-refractivity contribution in [2.24, 2.45) is 4.99 Å². The van der Waals surface area contributed by atoms with Gasteiger partial charge in [0, 0.05) is 19.6 Å². The van der Waals surface area contributed by atoms with E-state index in [4.69, 9.17) is 4.74 Å². The zero-order chi connectivity index (χ0) is 20.6. The van der Waals surface area contributed by atoms with E-state index in [0.29, 0.717) is 12.3 Å². The van der Waals surface area contributed by atoms with Gasteiger partial charge < -0.3 is 25.0 Å². The molecule has 1 heterocycles. The number of hydrogen-bond acceptors (Lipinski definition) is 4. The lowest BCUT2D eigenvalue weighted by Crippen LogP contribution is -2.38. The number of aliphatic imine (C=N–C) groups is 1. The number of aromatic hydroxyl groups is 1. The number of nitrogens with one attached hydrogen (secondary N) is 2. The van der Waals surface area contributed by atoms with Crippen LogP contribution in [-0.4, -0.2) is 40.8 Å². The molecule has 0 fully saturated rings. The normalized spacial score (nSPS) is 11.6. The molecule has 3 N–H and O–H groups in total. The Morgan fingerprint density at radius 3 is 2.79 bits per heavy atom. The topological polar surface area (TPSA) is 83.7 Å². The van der Waals surface area contributed by atoms with Gasteiger partial charge >= 0.3 is 0 Å². The first kappa shape index (κ1) is 20.5. The van der Waals surface area contributed by atoms with E-state index in [0.717, 1.165) is 48.9 Å². The zero-order valence-corrected chi connectivity index (χ0v) is 17.3. The van der Waals surface area contributed by atoms with E-state index in [1.54, 1.807) is 12.1 Å². The number of hydrogen-bond donors (Lipinski definition) is 3. The molecule has 0 unspecified atom stereocenters. The van der Waals surface area contributed by atoms with Crippen LogP contribution in [0.1, 0.15) is 24.7 Å². The van der Waals surface area contributed by atoms with Crippen LogP contribution >= 0.6 is 0 Å². The van der Waals surface area contributed by atoms with Crippen LogP contribution in [0.3, 0.4) is 0 Å². The van der Waals surface area contributed by atoms with Crippen LogP contribution in [-0.2, 0) is 13.1 Å². The Morgan fingerprint density at radius 1 is 1.21 bits per heavy atom. The van der Waals surface area contributed by atoms with Crippen molar-refractivity contribution < 1.29 is 9.84 Å². The molecule has 0 bridgehead atoms. The van der Waals surface area contributed by atoms with Crippen molar-refractivity contribution in [3.8, 4) is 11.5 Å². The Hall–Kier alpha value is -3.22. The predicted octanol–water partition coefficient (Wildman–Crippen LogP) is 3.20. The predicted molar refractivity (Wildman–Crippen MR) is 117 cm³/mol. The highest BCUT2D eigenvalue weighted by molar-refractivity contribution is 5.79. The molecule has 1 aromatic heterocycles. The van der Waals surface area contributed by atoms with Crippen LogP contribution < -0.4 is 15.4 Å². The molecule has 29 heavy (non-hydrogen) atoms. The summed E-state index contributed by atoms with van der Waals surface area (Å²) < 4.78 is 7.33. The lowest BCUT2D eigenvalue weighted by molar-refractivity contribution is 0.373. The fraction of sp³-hybridized carbons (Fsp3) is 0.364. The van der Waals surface area contributed by atoms with Crippen molar-refractivity contribution in [3.05, 3.63) is 53.9 Å². The summed E-state index contributed by atoms with van der Waals surface area (Å²) in [5.41, 5.74) is 3.13. The molecule has 0 radical (unpaired) electrons. The third-order valence-electron chi connectivity index (χ3n) is 4.70. The number of benzene rings is 2. The van der Waals surface area contributed by atoms with Crippen LogP contribution in [0.25, 0.3) is 11.0 Å². The van der Waals surface area contributed by atoms with Crippen LogP contribution in [0.4, 0.5) is 0 Å². The molecular formula is C22H29N5O2. The molecule has 0 aliphatic carbocycles. The Labute approximate surface area is 171 Å². The van der Waals surface area contributed by atoms with E-state index in [9.17, 15) is 5.11 Å². The minimum absolute atomic E-state index is 0.126. The lowest BCUT2D eigenvalue weighted by Gasteiger charge is -2.12. The van der Waals surface area contributed by atoms with Gasteiger partial charge in [-0.25, -0.2) is 9.98 Å². The first-order valence-electron chi connectivity index (χ1n) is 9.92. The van der Waals surface area contributed by atoms with Gasteiger partial charge in [0.1, 0.15) is 5.82 Å². The van der Waals surface area contributed by atoms with Crippen molar-refractivity contribution in [2.45, 2.75) is 33.4 Å². The fourth-order valence-electron chi connectivity index (χ4n) is 3.27. The standard InChI is InChI=1S/C22H29N5O2/c1-4-23-22(25-15-17-10-11-21(29-3)20(28)14-17)24-12-7-13-27-16(2)26-18-8-5-6-9-19(18)27/h5-6,8-11,14,28H,4,7,12-13,15H2,1-3H3,(H2,23,24,25). The van der Waals surface area contributed by atoms with E-state index in [2.05, 4.69) is 31.2 Å². The zero-order valence-electron chi connectivity index (χ0n) is 17.3. The molecule has 0 amide bonds. The van der Waals surface area contributed by atoms with Gasteiger partial charge in [0.25, 0.3) is 0 Å². The van der Waals surface area contributed by atoms with Crippen molar-refractivity contribution in [3.63, 3.8) is 0 Å². The van der Waals surface area contributed by atoms with Gasteiger partial charge in [-0.2, -0.15) is 0 Å². The fourth-order valence-corrected chi connectivity index (χ4v) is 3.27. The minimum atomic E-state index is 0.126. The molecule has 0 saturated heterocycles. The third kappa shape index (κ3) is 5.19. The van der Waals surface area contributed by atoms with E-state index in [1.165, 1.54) is 12.6 Å². The summed E-state index contributed by atoms with van der Waals surface area (Å²) in [4.78, 5) is 9.22. The number of phenolic OH excluding ortho intramolecular Hbond substituents is 1. The molecule has 7 heteroatoms.